The second-order valence-electron chi connectivity index (χ2n) is 3.02. The van der Waals surface area contributed by atoms with E-state index in [1.54, 1.807) is 13.8 Å². The number of nitrogens with one attached hydrogen (secondary N) is 2. The minimum absolute atomic E-state index is 0.105. The molecule has 0 fully saturated rings. The third kappa shape index (κ3) is 4.39. The maximum Gasteiger partial charge on any atom is 0.286 e. The number of hydrogen-bond donors (Lipinski definition) is 3. The van der Waals surface area contributed by atoms with Crippen LogP contribution in [0.1, 0.15) is 13.8 Å². The van der Waals surface area contributed by atoms with Crippen LogP contribution < -0.4 is 5.32 Å². The molecule has 5 nitrogen and oxygen atoms in total. The van der Waals surface area contributed by atoms with Gasteiger partial charge in [0.25, 0.3) is 5.91 Å². The smallest absolute Gasteiger partial charge is 0.286 e. The summed E-state index contributed by atoms with van der Waals surface area (Å²) >= 11 is 0. The maximum atomic E-state index is 11.1. The van der Waals surface area contributed by atoms with E-state index in [0.29, 0.717) is 0 Å². The first-order valence-corrected chi connectivity index (χ1v) is 4.19. The molecule has 0 saturated heterocycles. The van der Waals surface area contributed by atoms with Crippen molar-refractivity contribution >= 4 is 17.9 Å². The Labute approximate surface area is 82.3 Å². The van der Waals surface area contributed by atoms with Gasteiger partial charge in [-0.2, -0.15) is 0 Å². The van der Waals surface area contributed by atoms with Crippen molar-refractivity contribution in [1.29, 1.82) is 5.41 Å². The second kappa shape index (κ2) is 5.90. The maximum absolute atomic E-state index is 11.1. The van der Waals surface area contributed by atoms with E-state index < -0.39 is 11.7 Å². The molecule has 0 atom stereocenters. The van der Waals surface area contributed by atoms with Crippen molar-refractivity contribution in [3.8, 4) is 0 Å². The van der Waals surface area contributed by atoms with Crippen molar-refractivity contribution in [2.24, 2.45) is 5.92 Å². The summed E-state index contributed by atoms with van der Waals surface area (Å²) in [4.78, 5) is 22.0. The van der Waals surface area contributed by atoms with Gasteiger partial charge in [0.05, 0.1) is 6.54 Å². The molecule has 14 heavy (non-hydrogen) atoms. The highest BCUT2D eigenvalue weighted by molar-refractivity contribution is 5.97. The quantitative estimate of drug-likeness (QED) is 0.339. The van der Waals surface area contributed by atoms with E-state index in [1.807, 2.05) is 0 Å². The SMILES string of the molecule is CC(C)C(=O)CNC(=O)/C(O)=C/C=N. The molecule has 3 N–H and O–H groups in total. The second-order valence-corrected chi connectivity index (χ2v) is 3.02. The van der Waals surface area contributed by atoms with Crippen LogP contribution in [0.3, 0.4) is 0 Å². The van der Waals surface area contributed by atoms with Gasteiger partial charge in [0.2, 0.25) is 0 Å². The number of aliphatic hydroxyl groups is 1. The van der Waals surface area contributed by atoms with Crippen LogP contribution in [-0.2, 0) is 9.59 Å². The van der Waals surface area contributed by atoms with E-state index >= 15 is 0 Å². The largest absolute Gasteiger partial charge is 0.503 e. The van der Waals surface area contributed by atoms with Crippen LogP contribution in [0.4, 0.5) is 0 Å². The molecular formula is C9H14N2O3. The van der Waals surface area contributed by atoms with Gasteiger partial charge in [-0.15, -0.1) is 0 Å². The highest BCUT2D eigenvalue weighted by Crippen LogP contribution is 1.93. The van der Waals surface area contributed by atoms with E-state index in [9.17, 15) is 9.59 Å². The Morgan fingerprint density at radius 1 is 1.50 bits per heavy atom. The third-order valence-corrected chi connectivity index (χ3v) is 1.54. The Morgan fingerprint density at radius 3 is 2.50 bits per heavy atom. The average molecular weight is 198 g/mol. The molecular weight excluding hydrogens is 184 g/mol. The van der Waals surface area contributed by atoms with Crippen LogP contribution >= 0.6 is 0 Å². The molecule has 0 aromatic heterocycles. The number of aliphatic hydroxyl groups excluding tert-OH is 1. The van der Waals surface area contributed by atoms with Gasteiger partial charge in [-0.3, -0.25) is 9.59 Å². The van der Waals surface area contributed by atoms with Gasteiger partial charge in [0.15, 0.2) is 11.5 Å². The van der Waals surface area contributed by atoms with Gasteiger partial charge >= 0.3 is 0 Å². The number of allylic oxidation sites excluding steroid dienone is 1. The van der Waals surface area contributed by atoms with Gasteiger partial charge in [0.1, 0.15) is 0 Å². The molecule has 0 aliphatic carbocycles. The van der Waals surface area contributed by atoms with Crippen LogP contribution in [-0.4, -0.2) is 29.6 Å². The average Bonchev–Trinajstić information content (AvgIpc) is 2.13. The Balaban J connectivity index is 4.03. The normalized spacial score (nSPS) is 11.2. The highest BCUT2D eigenvalue weighted by atomic mass is 16.3. The van der Waals surface area contributed by atoms with Crippen molar-refractivity contribution in [1.82, 2.24) is 5.32 Å². The monoisotopic (exact) mass is 198 g/mol. The summed E-state index contributed by atoms with van der Waals surface area (Å²) < 4.78 is 0. The van der Waals surface area contributed by atoms with Crippen molar-refractivity contribution in [2.45, 2.75) is 13.8 Å². The number of ketones is 1. The summed E-state index contributed by atoms with van der Waals surface area (Å²) in [6.07, 6.45) is 1.73. The van der Waals surface area contributed by atoms with Crippen LogP contribution in [0.5, 0.6) is 0 Å². The lowest BCUT2D eigenvalue weighted by molar-refractivity contribution is -0.125. The van der Waals surface area contributed by atoms with Gasteiger partial charge in [0, 0.05) is 18.2 Å². The van der Waals surface area contributed by atoms with Gasteiger partial charge < -0.3 is 15.8 Å². The molecule has 0 aromatic carbocycles. The number of Topliss-reactive ketones (excluding diaryl/α,β-unsaturated/α-hetero) is 1. The lowest BCUT2D eigenvalue weighted by atomic mass is 10.1. The van der Waals surface area contributed by atoms with Crippen molar-refractivity contribution < 1.29 is 14.7 Å². The van der Waals surface area contributed by atoms with Crippen molar-refractivity contribution in [3.05, 3.63) is 11.8 Å². The molecule has 0 rings (SSSR count). The number of carbonyl (C=O) groups excluding carboxylic acids is 2. The topological polar surface area (TPSA) is 90.2 Å². The zero-order valence-corrected chi connectivity index (χ0v) is 8.20. The Hall–Kier alpha value is -1.65. The molecule has 0 bridgehead atoms. The minimum atomic E-state index is -0.748. The standard InChI is InChI=1S/C9H14N2O3/c1-6(2)8(13)5-11-9(14)7(12)3-4-10/h3-4,6,10,12H,5H2,1-2H3,(H,11,14)/b7-3-,10-4?. The van der Waals surface area contributed by atoms with E-state index in [-0.39, 0.29) is 18.2 Å². The van der Waals surface area contributed by atoms with Gasteiger partial charge in [-0.05, 0) is 0 Å². The summed E-state index contributed by atoms with van der Waals surface area (Å²) in [6, 6.07) is 0. The Morgan fingerprint density at radius 2 is 2.07 bits per heavy atom. The van der Waals surface area contributed by atoms with Crippen molar-refractivity contribution in [3.63, 3.8) is 0 Å². The first kappa shape index (κ1) is 12.3. The number of rotatable bonds is 5. The lowest BCUT2D eigenvalue weighted by Crippen LogP contribution is -2.32. The number of carbonyl (C=O) groups is 2. The fourth-order valence-electron chi connectivity index (χ4n) is 0.617. The van der Waals surface area contributed by atoms with Crippen LogP contribution in [0.15, 0.2) is 11.8 Å². The summed E-state index contributed by atoms with van der Waals surface area (Å²) in [6.45, 7) is 3.34. The van der Waals surface area contributed by atoms with E-state index in [0.717, 1.165) is 12.3 Å². The molecule has 0 saturated carbocycles. The predicted molar refractivity (Wildman–Crippen MR) is 52.4 cm³/mol. The summed E-state index contributed by atoms with van der Waals surface area (Å²) in [7, 11) is 0. The minimum Gasteiger partial charge on any atom is -0.503 e. The third-order valence-electron chi connectivity index (χ3n) is 1.54. The molecule has 1 amide bonds. The van der Waals surface area contributed by atoms with Crippen molar-refractivity contribution in [2.75, 3.05) is 6.54 Å². The van der Waals surface area contributed by atoms with Gasteiger partial charge in [-0.25, -0.2) is 0 Å². The van der Waals surface area contributed by atoms with Crippen LogP contribution in [0, 0.1) is 11.3 Å². The summed E-state index contributed by atoms with van der Waals surface area (Å²) in [5, 5.41) is 17.8. The molecule has 0 aromatic rings. The van der Waals surface area contributed by atoms with E-state index in [2.05, 4.69) is 5.32 Å². The zero-order chi connectivity index (χ0) is 11.1. The van der Waals surface area contributed by atoms with Gasteiger partial charge in [-0.1, -0.05) is 13.8 Å². The van der Waals surface area contributed by atoms with E-state index in [1.165, 1.54) is 0 Å². The highest BCUT2D eigenvalue weighted by Gasteiger charge is 2.11. The Kier molecular flexibility index (Phi) is 5.21. The fourth-order valence-corrected chi connectivity index (χ4v) is 0.617. The molecule has 0 radical (unpaired) electrons. The van der Waals surface area contributed by atoms with Crippen LogP contribution in [0.25, 0.3) is 0 Å². The first-order chi connectivity index (χ1) is 6.49. The Bertz CT molecular complexity index is 269. The van der Waals surface area contributed by atoms with E-state index in [4.69, 9.17) is 10.5 Å². The molecule has 78 valence electrons. The molecule has 5 heteroatoms. The lowest BCUT2D eigenvalue weighted by Gasteiger charge is -2.05. The summed E-state index contributed by atoms with van der Waals surface area (Å²) in [5.41, 5.74) is 0. The zero-order valence-electron chi connectivity index (χ0n) is 8.20. The predicted octanol–water partition coefficient (Wildman–Crippen LogP) is 0.419. The van der Waals surface area contributed by atoms with Crippen LogP contribution in [0.2, 0.25) is 0 Å². The number of amides is 1. The molecule has 0 aliphatic rings. The first-order valence-electron chi connectivity index (χ1n) is 4.19. The molecule has 0 spiro atoms. The molecule has 0 heterocycles. The molecule has 0 aliphatic heterocycles. The molecule has 0 unspecified atom stereocenters. The summed E-state index contributed by atoms with van der Waals surface area (Å²) in [5.74, 6) is -1.58. The number of hydrogen-bond acceptors (Lipinski definition) is 4. The fraction of sp³-hybridized carbons (Fsp3) is 0.444.